The summed E-state index contributed by atoms with van der Waals surface area (Å²) in [5.74, 6) is -0.00908. The van der Waals surface area contributed by atoms with Crippen LogP contribution in [0.1, 0.15) is 40.5 Å². The van der Waals surface area contributed by atoms with E-state index < -0.39 is 0 Å². The molecule has 1 amide bonds. The molecule has 0 heterocycles. The fourth-order valence-corrected chi connectivity index (χ4v) is 1.37. The smallest absolute Gasteiger partial charge is 0.249 e. The van der Waals surface area contributed by atoms with Crippen molar-refractivity contribution in [2.45, 2.75) is 52.7 Å². The van der Waals surface area contributed by atoms with Gasteiger partial charge >= 0.3 is 0 Å². The molecule has 0 fully saturated rings. The molecule has 0 bridgehead atoms. The highest BCUT2D eigenvalue weighted by molar-refractivity contribution is 5.80. The van der Waals surface area contributed by atoms with Crippen molar-refractivity contribution in [2.75, 3.05) is 19.7 Å². The number of hydrogen-bond acceptors (Lipinski definition) is 3. The van der Waals surface area contributed by atoms with Gasteiger partial charge in [0.2, 0.25) is 5.91 Å². The van der Waals surface area contributed by atoms with Gasteiger partial charge in [0.15, 0.2) is 0 Å². The molecule has 0 spiro atoms. The zero-order valence-corrected chi connectivity index (χ0v) is 11.0. The van der Waals surface area contributed by atoms with E-state index in [1.807, 2.05) is 6.92 Å². The number of likely N-dealkylation sites (N-methyl/N-ethyl adjacent to an activating group) is 1. The summed E-state index contributed by atoms with van der Waals surface area (Å²) in [6.07, 6.45) is 1.57. The van der Waals surface area contributed by atoms with E-state index in [0.717, 1.165) is 25.9 Å². The first-order valence-corrected chi connectivity index (χ1v) is 6.28. The molecule has 0 aliphatic rings. The second kappa shape index (κ2) is 9.60. The maximum atomic E-state index is 11.7. The van der Waals surface area contributed by atoms with Gasteiger partial charge in [-0.3, -0.25) is 4.79 Å². The average molecular weight is 230 g/mol. The first kappa shape index (κ1) is 15.4. The van der Waals surface area contributed by atoms with Crippen LogP contribution in [0.3, 0.4) is 0 Å². The number of rotatable bonds is 9. The molecule has 0 radical (unpaired) electrons. The molecular formula is C12H26N2O2. The molecule has 0 saturated heterocycles. The molecule has 0 aromatic heterocycles. The van der Waals surface area contributed by atoms with Crippen LogP contribution in [0.4, 0.5) is 0 Å². The summed E-state index contributed by atoms with van der Waals surface area (Å²) in [6.45, 7) is 10.3. The molecule has 4 heteroatoms. The van der Waals surface area contributed by atoms with Gasteiger partial charge in [0.1, 0.15) is 6.10 Å². The highest BCUT2D eigenvalue weighted by Crippen LogP contribution is 1.98. The second-order valence-corrected chi connectivity index (χ2v) is 3.89. The highest BCUT2D eigenvalue weighted by Gasteiger charge is 2.15. The van der Waals surface area contributed by atoms with Crippen LogP contribution in [0, 0.1) is 0 Å². The molecule has 1 unspecified atom stereocenters. The number of carbonyl (C=O) groups excluding carboxylic acids is 1. The third-order valence-corrected chi connectivity index (χ3v) is 2.60. The van der Waals surface area contributed by atoms with Gasteiger partial charge in [-0.1, -0.05) is 20.8 Å². The molecule has 0 aliphatic carbocycles. The van der Waals surface area contributed by atoms with E-state index in [2.05, 4.69) is 24.5 Å². The fourth-order valence-electron chi connectivity index (χ4n) is 1.37. The minimum absolute atomic E-state index is 0.00908. The van der Waals surface area contributed by atoms with Crippen LogP contribution in [-0.4, -0.2) is 37.7 Å². The summed E-state index contributed by atoms with van der Waals surface area (Å²) in [7, 11) is 0. The van der Waals surface area contributed by atoms with Crippen LogP contribution in [-0.2, 0) is 9.53 Å². The first-order valence-electron chi connectivity index (χ1n) is 6.28. The Morgan fingerprint density at radius 3 is 2.38 bits per heavy atom. The molecule has 0 aliphatic heterocycles. The summed E-state index contributed by atoms with van der Waals surface area (Å²) in [4.78, 5) is 11.7. The van der Waals surface area contributed by atoms with E-state index >= 15 is 0 Å². The Hall–Kier alpha value is -0.610. The van der Waals surface area contributed by atoms with Crippen LogP contribution in [0.15, 0.2) is 0 Å². The Labute approximate surface area is 99.1 Å². The van der Waals surface area contributed by atoms with Crippen molar-refractivity contribution in [3.63, 3.8) is 0 Å². The predicted molar refractivity (Wildman–Crippen MR) is 66.5 cm³/mol. The van der Waals surface area contributed by atoms with Crippen LogP contribution in [0.25, 0.3) is 0 Å². The number of nitrogens with one attached hydrogen (secondary N) is 2. The van der Waals surface area contributed by atoms with Crippen molar-refractivity contribution in [3.8, 4) is 0 Å². The molecule has 96 valence electrons. The third-order valence-electron chi connectivity index (χ3n) is 2.60. The Morgan fingerprint density at radius 2 is 1.88 bits per heavy atom. The lowest BCUT2D eigenvalue weighted by Gasteiger charge is -2.18. The van der Waals surface area contributed by atoms with Gasteiger partial charge in [0.05, 0.1) is 6.61 Å². The average Bonchev–Trinajstić information content (AvgIpc) is 2.30. The van der Waals surface area contributed by atoms with Gasteiger partial charge in [-0.2, -0.15) is 0 Å². The van der Waals surface area contributed by atoms with Crippen LogP contribution >= 0.6 is 0 Å². The zero-order chi connectivity index (χ0) is 12.4. The van der Waals surface area contributed by atoms with Crippen molar-refractivity contribution in [3.05, 3.63) is 0 Å². The molecule has 2 N–H and O–H groups in total. The van der Waals surface area contributed by atoms with Gasteiger partial charge in [0.25, 0.3) is 0 Å². The van der Waals surface area contributed by atoms with E-state index in [0.29, 0.717) is 6.61 Å². The van der Waals surface area contributed by atoms with Gasteiger partial charge in [-0.15, -0.1) is 0 Å². The number of ether oxygens (including phenoxy) is 1. The predicted octanol–water partition coefficient (Wildman–Crippen LogP) is 1.31. The fraction of sp³-hybridized carbons (Fsp3) is 0.917. The quantitative estimate of drug-likeness (QED) is 0.587. The Kier molecular flexibility index (Phi) is 9.24. The zero-order valence-electron chi connectivity index (χ0n) is 11.0. The third kappa shape index (κ3) is 6.80. The maximum absolute atomic E-state index is 11.7. The highest BCUT2D eigenvalue weighted by atomic mass is 16.5. The molecule has 1 atom stereocenters. The maximum Gasteiger partial charge on any atom is 0.249 e. The molecule has 0 aromatic carbocycles. The molecular weight excluding hydrogens is 204 g/mol. The minimum atomic E-state index is -0.362. The number of carbonyl (C=O) groups is 1. The van der Waals surface area contributed by atoms with E-state index in [1.165, 1.54) is 0 Å². The van der Waals surface area contributed by atoms with Crippen LogP contribution in [0.5, 0.6) is 0 Å². The normalized spacial score (nSPS) is 12.8. The van der Waals surface area contributed by atoms with Crippen molar-refractivity contribution < 1.29 is 9.53 Å². The second-order valence-electron chi connectivity index (χ2n) is 3.89. The molecule has 4 nitrogen and oxygen atoms in total. The lowest BCUT2D eigenvalue weighted by atomic mass is 10.1. The molecule has 0 rings (SSSR count). The monoisotopic (exact) mass is 230 g/mol. The SMILES string of the molecule is CCNCCOC(C)C(=O)NC(CC)CC. The number of amides is 1. The van der Waals surface area contributed by atoms with E-state index in [1.54, 1.807) is 6.92 Å². The van der Waals surface area contributed by atoms with E-state index in [4.69, 9.17) is 4.74 Å². The molecule has 0 saturated carbocycles. The summed E-state index contributed by atoms with van der Waals surface area (Å²) in [5.41, 5.74) is 0. The largest absolute Gasteiger partial charge is 0.367 e. The van der Waals surface area contributed by atoms with Crippen molar-refractivity contribution in [1.29, 1.82) is 0 Å². The first-order chi connectivity index (χ1) is 7.65. The Morgan fingerprint density at radius 1 is 1.25 bits per heavy atom. The topological polar surface area (TPSA) is 50.4 Å². The lowest BCUT2D eigenvalue weighted by molar-refractivity contribution is -0.132. The Balaban J connectivity index is 3.72. The molecule has 16 heavy (non-hydrogen) atoms. The van der Waals surface area contributed by atoms with Crippen LogP contribution in [0.2, 0.25) is 0 Å². The summed E-state index contributed by atoms with van der Waals surface area (Å²) < 4.78 is 5.42. The van der Waals surface area contributed by atoms with Crippen LogP contribution < -0.4 is 10.6 Å². The van der Waals surface area contributed by atoms with E-state index in [-0.39, 0.29) is 18.1 Å². The van der Waals surface area contributed by atoms with Crippen molar-refractivity contribution in [1.82, 2.24) is 10.6 Å². The minimum Gasteiger partial charge on any atom is -0.367 e. The number of hydrogen-bond donors (Lipinski definition) is 2. The van der Waals surface area contributed by atoms with Crippen molar-refractivity contribution >= 4 is 5.91 Å². The van der Waals surface area contributed by atoms with Gasteiger partial charge in [-0.05, 0) is 26.3 Å². The standard InChI is InChI=1S/C12H26N2O2/c1-5-11(6-2)14-12(15)10(4)16-9-8-13-7-3/h10-11,13H,5-9H2,1-4H3,(H,14,15). The lowest BCUT2D eigenvalue weighted by Crippen LogP contribution is -2.41. The van der Waals surface area contributed by atoms with Gasteiger partial charge in [0, 0.05) is 12.6 Å². The van der Waals surface area contributed by atoms with Crippen molar-refractivity contribution in [2.24, 2.45) is 0 Å². The molecule has 0 aromatic rings. The Bertz CT molecular complexity index is 182. The van der Waals surface area contributed by atoms with Gasteiger partial charge < -0.3 is 15.4 Å². The summed E-state index contributed by atoms with van der Waals surface area (Å²) in [5, 5.41) is 6.12. The summed E-state index contributed by atoms with van der Waals surface area (Å²) >= 11 is 0. The summed E-state index contributed by atoms with van der Waals surface area (Å²) in [6, 6.07) is 0.271. The van der Waals surface area contributed by atoms with Gasteiger partial charge in [-0.25, -0.2) is 0 Å². The van der Waals surface area contributed by atoms with E-state index in [9.17, 15) is 4.79 Å².